The number of fused-ring (bicyclic) bond motifs is 1. The highest BCUT2D eigenvalue weighted by molar-refractivity contribution is 5.87. The molecule has 0 bridgehead atoms. The Hall–Kier alpha value is -1.59. The van der Waals surface area contributed by atoms with E-state index >= 15 is 0 Å². The minimum Gasteiger partial charge on any atom is -0.481 e. The lowest BCUT2D eigenvalue weighted by molar-refractivity contribution is -0.155. The van der Waals surface area contributed by atoms with Crippen LogP contribution in [0.15, 0.2) is 0 Å². The summed E-state index contributed by atoms with van der Waals surface area (Å²) in [5.74, 6) is -0.795. The summed E-state index contributed by atoms with van der Waals surface area (Å²) >= 11 is 0. The molecular weight excluding hydrogens is 370 g/mol. The van der Waals surface area contributed by atoms with Crippen molar-refractivity contribution in [1.29, 1.82) is 0 Å². The number of carbonyl (C=O) groups is 3. The lowest BCUT2D eigenvalue weighted by atomic mass is 9.65. The predicted molar refractivity (Wildman–Crippen MR) is 109 cm³/mol. The third kappa shape index (κ3) is 4.17. The van der Waals surface area contributed by atoms with E-state index in [1.165, 1.54) is 32.1 Å². The van der Waals surface area contributed by atoms with Crippen LogP contribution in [0.2, 0.25) is 0 Å². The predicted octanol–water partition coefficient (Wildman–Crippen LogP) is 4.08. The standard InChI is InChI=1S/C23H37NO5/c1-22(2)17(10-11-23(22,3)21(28)29)19(25)24-18(20(26)27)13-14-8-9-15-6-4-5-7-16(15)12-14/h14-18H,4-13H2,1-3H3,(H,24,25)(H,26,27)(H,28,29)/t14?,15?,16?,17-,18+,23+/m1/s1. The van der Waals surface area contributed by atoms with E-state index in [0.29, 0.717) is 25.2 Å². The molecule has 3 unspecified atom stereocenters. The minimum atomic E-state index is -0.985. The van der Waals surface area contributed by atoms with Crippen LogP contribution < -0.4 is 5.32 Å². The van der Waals surface area contributed by atoms with Crippen LogP contribution in [-0.4, -0.2) is 34.1 Å². The van der Waals surface area contributed by atoms with Gasteiger partial charge in [0.05, 0.1) is 5.41 Å². The van der Waals surface area contributed by atoms with E-state index in [1.54, 1.807) is 6.92 Å². The van der Waals surface area contributed by atoms with Crippen LogP contribution in [0.25, 0.3) is 0 Å². The Morgan fingerprint density at radius 1 is 0.966 bits per heavy atom. The van der Waals surface area contributed by atoms with Gasteiger partial charge in [-0.3, -0.25) is 9.59 Å². The van der Waals surface area contributed by atoms with Gasteiger partial charge in [-0.1, -0.05) is 46.0 Å². The van der Waals surface area contributed by atoms with Crippen LogP contribution in [0.1, 0.15) is 85.0 Å². The molecule has 0 aromatic carbocycles. The molecule has 0 radical (unpaired) electrons. The zero-order valence-electron chi connectivity index (χ0n) is 18.1. The van der Waals surface area contributed by atoms with Gasteiger partial charge in [-0.05, 0) is 62.2 Å². The molecule has 29 heavy (non-hydrogen) atoms. The van der Waals surface area contributed by atoms with E-state index in [0.717, 1.165) is 24.7 Å². The quantitative estimate of drug-likeness (QED) is 0.615. The normalized spacial score (nSPS) is 37.3. The first-order valence-electron chi connectivity index (χ1n) is 11.3. The summed E-state index contributed by atoms with van der Waals surface area (Å²) in [7, 11) is 0. The number of amides is 1. The molecule has 0 spiro atoms. The van der Waals surface area contributed by atoms with Gasteiger partial charge in [-0.2, -0.15) is 0 Å². The first-order chi connectivity index (χ1) is 13.6. The van der Waals surface area contributed by atoms with E-state index in [4.69, 9.17) is 0 Å². The van der Waals surface area contributed by atoms with E-state index in [-0.39, 0.29) is 5.91 Å². The van der Waals surface area contributed by atoms with Gasteiger partial charge in [0.1, 0.15) is 6.04 Å². The van der Waals surface area contributed by atoms with Gasteiger partial charge in [0.25, 0.3) is 0 Å². The first kappa shape index (κ1) is 22.1. The summed E-state index contributed by atoms with van der Waals surface area (Å²) in [6, 6.07) is -0.889. The molecule has 0 aromatic rings. The number of nitrogens with one attached hydrogen (secondary N) is 1. The molecule has 3 aliphatic carbocycles. The van der Waals surface area contributed by atoms with Crippen molar-refractivity contribution in [3.63, 3.8) is 0 Å². The molecule has 6 heteroatoms. The van der Waals surface area contributed by atoms with Crippen molar-refractivity contribution >= 4 is 17.8 Å². The van der Waals surface area contributed by atoms with Crippen molar-refractivity contribution in [3.8, 4) is 0 Å². The maximum absolute atomic E-state index is 13.0. The van der Waals surface area contributed by atoms with Crippen molar-refractivity contribution in [3.05, 3.63) is 0 Å². The van der Waals surface area contributed by atoms with E-state index in [1.807, 2.05) is 13.8 Å². The van der Waals surface area contributed by atoms with Crippen molar-refractivity contribution in [2.45, 2.75) is 91.0 Å². The molecule has 3 aliphatic rings. The summed E-state index contributed by atoms with van der Waals surface area (Å²) < 4.78 is 0. The van der Waals surface area contributed by atoms with E-state index < -0.39 is 34.7 Å². The SMILES string of the molecule is CC1(C)[C@@H](C(=O)N[C@@H](CC2CCC3CCCCC3C2)C(=O)O)CC[C@@]1(C)C(=O)O. The Morgan fingerprint density at radius 2 is 1.62 bits per heavy atom. The zero-order valence-corrected chi connectivity index (χ0v) is 18.1. The minimum absolute atomic E-state index is 0.307. The molecule has 0 heterocycles. The maximum atomic E-state index is 13.0. The largest absolute Gasteiger partial charge is 0.481 e. The van der Waals surface area contributed by atoms with Crippen LogP contribution in [-0.2, 0) is 14.4 Å². The number of carboxylic acids is 2. The zero-order chi connectivity index (χ0) is 21.4. The third-order valence-electron chi connectivity index (χ3n) is 8.85. The molecule has 0 saturated heterocycles. The highest BCUT2D eigenvalue weighted by Crippen LogP contribution is 2.56. The Morgan fingerprint density at radius 3 is 2.21 bits per heavy atom. The molecule has 6 nitrogen and oxygen atoms in total. The smallest absolute Gasteiger partial charge is 0.326 e. The second-order valence-electron chi connectivity index (χ2n) is 10.6. The summed E-state index contributed by atoms with van der Waals surface area (Å²) in [6.45, 7) is 5.33. The van der Waals surface area contributed by atoms with Crippen molar-refractivity contribution in [1.82, 2.24) is 5.32 Å². The number of carbonyl (C=O) groups excluding carboxylic acids is 1. The van der Waals surface area contributed by atoms with Gasteiger partial charge in [-0.25, -0.2) is 4.79 Å². The highest BCUT2D eigenvalue weighted by Gasteiger charge is 2.58. The fourth-order valence-electron chi connectivity index (χ4n) is 6.35. The number of hydrogen-bond donors (Lipinski definition) is 3. The third-order valence-corrected chi connectivity index (χ3v) is 8.85. The average Bonchev–Trinajstić information content (AvgIpc) is 2.91. The molecular formula is C23H37NO5. The summed E-state index contributed by atoms with van der Waals surface area (Å²) in [5, 5.41) is 22.2. The molecule has 0 aliphatic heterocycles. The van der Waals surface area contributed by atoms with E-state index in [9.17, 15) is 24.6 Å². The Kier molecular flexibility index (Phi) is 6.30. The van der Waals surface area contributed by atoms with Crippen LogP contribution in [0.4, 0.5) is 0 Å². The lowest BCUT2D eigenvalue weighted by Gasteiger charge is -2.40. The summed E-state index contributed by atoms with van der Waals surface area (Å²) in [4.78, 5) is 36.7. The number of hydrogen-bond acceptors (Lipinski definition) is 3. The molecule has 164 valence electrons. The monoisotopic (exact) mass is 407 g/mol. The number of aliphatic carboxylic acids is 2. The molecule has 3 N–H and O–H groups in total. The van der Waals surface area contributed by atoms with E-state index in [2.05, 4.69) is 5.32 Å². The van der Waals surface area contributed by atoms with Crippen molar-refractivity contribution in [2.24, 2.45) is 34.5 Å². The van der Waals surface area contributed by atoms with Gasteiger partial charge in [0.15, 0.2) is 0 Å². The molecule has 3 rings (SSSR count). The van der Waals surface area contributed by atoms with Crippen molar-refractivity contribution in [2.75, 3.05) is 0 Å². The van der Waals surface area contributed by atoms with Crippen molar-refractivity contribution < 1.29 is 24.6 Å². The topological polar surface area (TPSA) is 104 Å². The van der Waals surface area contributed by atoms with Gasteiger partial charge in [0.2, 0.25) is 5.91 Å². The molecule has 1 amide bonds. The van der Waals surface area contributed by atoms with Crippen LogP contribution in [0.5, 0.6) is 0 Å². The van der Waals surface area contributed by atoms with Gasteiger partial charge >= 0.3 is 11.9 Å². The number of rotatable bonds is 6. The van der Waals surface area contributed by atoms with Gasteiger partial charge < -0.3 is 15.5 Å². The van der Waals surface area contributed by atoms with Crippen LogP contribution in [0, 0.1) is 34.5 Å². The molecule has 3 fully saturated rings. The first-order valence-corrected chi connectivity index (χ1v) is 11.3. The Bertz CT molecular complexity index is 660. The lowest BCUT2D eigenvalue weighted by Crippen LogP contribution is -2.50. The molecule has 3 saturated carbocycles. The second kappa shape index (κ2) is 8.27. The van der Waals surface area contributed by atoms with Crippen LogP contribution in [0.3, 0.4) is 0 Å². The Labute approximate surface area is 173 Å². The second-order valence-corrected chi connectivity index (χ2v) is 10.6. The fraction of sp³-hybridized carbons (Fsp3) is 0.870. The molecule has 0 aromatic heterocycles. The fourth-order valence-corrected chi connectivity index (χ4v) is 6.35. The number of carboxylic acid groups (broad SMARTS) is 2. The van der Waals surface area contributed by atoms with Crippen LogP contribution >= 0.6 is 0 Å². The maximum Gasteiger partial charge on any atom is 0.326 e. The highest BCUT2D eigenvalue weighted by atomic mass is 16.4. The van der Waals surface area contributed by atoms with Gasteiger partial charge in [0, 0.05) is 5.92 Å². The Balaban J connectivity index is 1.63. The summed E-state index contributed by atoms with van der Waals surface area (Å²) in [5.41, 5.74) is -1.71. The molecule has 6 atom stereocenters. The van der Waals surface area contributed by atoms with Gasteiger partial charge in [-0.15, -0.1) is 0 Å². The average molecular weight is 408 g/mol. The summed E-state index contributed by atoms with van der Waals surface area (Å²) in [6.07, 6.45) is 9.88.